The SMILES string of the molecule is CC(C)(C)C1CC(c2csc3c(On4nnc5ccccc54)ncnc23)CCN1C(=O)O. The molecule has 166 valence electrons. The molecule has 4 aromatic rings. The number of hydrogen-bond donors (Lipinski definition) is 1. The molecular weight excluding hydrogens is 428 g/mol. The molecule has 0 spiro atoms. The molecule has 9 nitrogen and oxygen atoms in total. The summed E-state index contributed by atoms with van der Waals surface area (Å²) in [5.74, 6) is 0.649. The summed E-state index contributed by atoms with van der Waals surface area (Å²) in [5.41, 5.74) is 3.32. The molecule has 5 rings (SSSR count). The molecule has 1 saturated heterocycles. The van der Waals surface area contributed by atoms with Crippen LogP contribution in [0.5, 0.6) is 5.88 Å². The normalized spacial score (nSPS) is 19.5. The molecule has 0 bridgehead atoms. The maximum atomic E-state index is 11.8. The Hall–Kier alpha value is -3.27. The minimum absolute atomic E-state index is 0.0622. The van der Waals surface area contributed by atoms with Crippen molar-refractivity contribution in [2.75, 3.05) is 6.54 Å². The number of carbonyl (C=O) groups is 1. The predicted octanol–water partition coefficient (Wildman–Crippen LogP) is 4.55. The number of benzene rings is 1. The van der Waals surface area contributed by atoms with Crippen LogP contribution in [0.15, 0.2) is 36.0 Å². The quantitative estimate of drug-likeness (QED) is 0.486. The Balaban J connectivity index is 1.47. The second-order valence-corrected chi connectivity index (χ2v) is 10.0. The molecule has 0 saturated carbocycles. The van der Waals surface area contributed by atoms with Crippen LogP contribution in [0.25, 0.3) is 21.3 Å². The largest absolute Gasteiger partial charge is 0.465 e. The zero-order valence-corrected chi connectivity index (χ0v) is 18.9. The van der Waals surface area contributed by atoms with Crippen LogP contribution >= 0.6 is 11.3 Å². The summed E-state index contributed by atoms with van der Waals surface area (Å²) in [6, 6.07) is 7.50. The van der Waals surface area contributed by atoms with Crippen molar-refractivity contribution >= 4 is 38.7 Å². The van der Waals surface area contributed by atoms with Crippen LogP contribution in [0.3, 0.4) is 0 Å². The molecule has 1 amide bonds. The van der Waals surface area contributed by atoms with Gasteiger partial charge in [-0.2, -0.15) is 4.98 Å². The third kappa shape index (κ3) is 3.54. The molecule has 1 aliphatic rings. The van der Waals surface area contributed by atoms with Gasteiger partial charge in [0, 0.05) is 12.6 Å². The van der Waals surface area contributed by atoms with Gasteiger partial charge in [-0.25, -0.2) is 9.78 Å². The smallest absolute Gasteiger partial charge is 0.407 e. The van der Waals surface area contributed by atoms with Gasteiger partial charge in [0.1, 0.15) is 22.1 Å². The first kappa shape index (κ1) is 20.6. The van der Waals surface area contributed by atoms with Crippen LogP contribution in [0.2, 0.25) is 0 Å². The number of hydrogen-bond acceptors (Lipinski definition) is 7. The maximum absolute atomic E-state index is 11.8. The highest BCUT2D eigenvalue weighted by Gasteiger charge is 2.39. The monoisotopic (exact) mass is 452 g/mol. The number of piperidine rings is 1. The summed E-state index contributed by atoms with van der Waals surface area (Å²) in [5, 5.41) is 20.0. The number of fused-ring (bicyclic) bond motifs is 2. The Kier molecular flexibility index (Phi) is 4.96. The lowest BCUT2D eigenvalue weighted by atomic mass is 9.75. The fourth-order valence-electron chi connectivity index (χ4n) is 4.50. The summed E-state index contributed by atoms with van der Waals surface area (Å²) >= 11 is 1.54. The van der Waals surface area contributed by atoms with Crippen LogP contribution in [0.4, 0.5) is 4.79 Å². The first-order valence-corrected chi connectivity index (χ1v) is 11.4. The van der Waals surface area contributed by atoms with Crippen molar-refractivity contribution < 1.29 is 14.7 Å². The summed E-state index contributed by atoms with van der Waals surface area (Å²) < 4.78 is 0.843. The highest BCUT2D eigenvalue weighted by atomic mass is 32.1. The lowest BCUT2D eigenvalue weighted by Gasteiger charge is -2.44. The van der Waals surface area contributed by atoms with E-state index >= 15 is 0 Å². The minimum Gasteiger partial charge on any atom is -0.465 e. The van der Waals surface area contributed by atoms with Crippen molar-refractivity contribution in [1.29, 1.82) is 0 Å². The first-order chi connectivity index (χ1) is 15.3. The predicted molar refractivity (Wildman–Crippen MR) is 121 cm³/mol. The van der Waals surface area contributed by atoms with Gasteiger partial charge >= 0.3 is 6.09 Å². The number of rotatable bonds is 3. The van der Waals surface area contributed by atoms with Crippen LogP contribution in [0.1, 0.15) is 45.1 Å². The number of thiophene rings is 1. The summed E-state index contributed by atoms with van der Waals surface area (Å²) in [6.07, 6.45) is 2.17. The molecule has 0 radical (unpaired) electrons. The molecule has 4 heterocycles. The second-order valence-electron chi connectivity index (χ2n) is 9.17. The Morgan fingerprint density at radius 1 is 1.25 bits per heavy atom. The van der Waals surface area contributed by atoms with E-state index in [0.717, 1.165) is 39.7 Å². The lowest BCUT2D eigenvalue weighted by molar-refractivity contribution is 0.0527. The van der Waals surface area contributed by atoms with E-state index in [4.69, 9.17) is 4.84 Å². The van der Waals surface area contributed by atoms with Crippen LogP contribution in [-0.2, 0) is 0 Å². The van der Waals surface area contributed by atoms with E-state index in [-0.39, 0.29) is 17.4 Å². The van der Waals surface area contributed by atoms with Gasteiger partial charge < -0.3 is 14.8 Å². The van der Waals surface area contributed by atoms with Gasteiger partial charge in [-0.1, -0.05) is 37.7 Å². The van der Waals surface area contributed by atoms with E-state index in [1.807, 2.05) is 24.3 Å². The van der Waals surface area contributed by atoms with E-state index < -0.39 is 6.09 Å². The van der Waals surface area contributed by atoms with Gasteiger partial charge in [0.2, 0.25) is 0 Å². The average molecular weight is 453 g/mol. The Bertz CT molecular complexity index is 1290. The molecule has 0 aliphatic carbocycles. The molecule has 3 aromatic heterocycles. The Morgan fingerprint density at radius 3 is 2.84 bits per heavy atom. The molecule has 1 fully saturated rings. The Labute approximate surface area is 188 Å². The van der Waals surface area contributed by atoms with Crippen LogP contribution in [-0.4, -0.2) is 53.8 Å². The molecule has 2 atom stereocenters. The number of carboxylic acid groups (broad SMARTS) is 1. The average Bonchev–Trinajstić information content (AvgIpc) is 3.38. The van der Waals surface area contributed by atoms with E-state index in [9.17, 15) is 9.90 Å². The molecule has 2 unspecified atom stereocenters. The van der Waals surface area contributed by atoms with E-state index in [1.165, 1.54) is 22.5 Å². The van der Waals surface area contributed by atoms with E-state index in [2.05, 4.69) is 46.4 Å². The number of nitrogens with zero attached hydrogens (tertiary/aromatic N) is 6. The molecule has 32 heavy (non-hydrogen) atoms. The molecule has 1 aromatic carbocycles. The van der Waals surface area contributed by atoms with Gasteiger partial charge in [0.25, 0.3) is 5.88 Å². The van der Waals surface area contributed by atoms with E-state index in [0.29, 0.717) is 12.4 Å². The highest BCUT2D eigenvalue weighted by molar-refractivity contribution is 7.17. The zero-order valence-electron chi connectivity index (χ0n) is 18.1. The zero-order chi connectivity index (χ0) is 22.5. The Morgan fingerprint density at radius 2 is 2.06 bits per heavy atom. The van der Waals surface area contributed by atoms with Gasteiger partial charge in [0.15, 0.2) is 0 Å². The maximum Gasteiger partial charge on any atom is 0.407 e. The van der Waals surface area contributed by atoms with Gasteiger partial charge in [-0.05, 0) is 52.5 Å². The third-order valence-electron chi connectivity index (χ3n) is 6.13. The van der Waals surface area contributed by atoms with Crippen molar-refractivity contribution in [2.24, 2.45) is 5.41 Å². The van der Waals surface area contributed by atoms with E-state index in [1.54, 1.807) is 4.90 Å². The topological polar surface area (TPSA) is 106 Å². The van der Waals surface area contributed by atoms with Crippen molar-refractivity contribution in [3.8, 4) is 5.88 Å². The van der Waals surface area contributed by atoms with Crippen molar-refractivity contribution in [3.63, 3.8) is 0 Å². The summed E-state index contributed by atoms with van der Waals surface area (Å²) in [7, 11) is 0. The van der Waals surface area contributed by atoms with Crippen molar-refractivity contribution in [3.05, 3.63) is 41.5 Å². The van der Waals surface area contributed by atoms with Gasteiger partial charge in [0.05, 0.1) is 5.52 Å². The standard InChI is InChI=1S/C22H24N6O3S/c1-22(2,3)17-10-13(8-9-27(17)21(29)30)14-11-32-19-18(14)23-12-24-20(19)31-28-16-7-5-4-6-15(16)25-26-28/h4-7,11-13,17H,8-10H2,1-3H3,(H,29,30). The highest BCUT2D eigenvalue weighted by Crippen LogP contribution is 2.43. The number of likely N-dealkylation sites (tertiary alicyclic amines) is 1. The van der Waals surface area contributed by atoms with Crippen molar-refractivity contribution in [2.45, 2.75) is 45.6 Å². The summed E-state index contributed by atoms with van der Waals surface area (Å²) in [6.45, 7) is 6.80. The fourth-order valence-corrected chi connectivity index (χ4v) is 5.52. The third-order valence-corrected chi connectivity index (χ3v) is 7.11. The molecule has 1 N–H and O–H groups in total. The van der Waals surface area contributed by atoms with Crippen LogP contribution in [0, 0.1) is 5.41 Å². The minimum atomic E-state index is -0.850. The first-order valence-electron chi connectivity index (χ1n) is 10.5. The number of para-hydroxylation sites is 1. The number of aromatic nitrogens is 5. The van der Waals surface area contributed by atoms with Crippen molar-refractivity contribution in [1.82, 2.24) is 30.0 Å². The van der Waals surface area contributed by atoms with Gasteiger partial charge in [-0.15, -0.1) is 16.4 Å². The number of amides is 1. The lowest BCUT2D eigenvalue weighted by Crippen LogP contribution is -2.51. The van der Waals surface area contributed by atoms with Gasteiger partial charge in [-0.3, -0.25) is 0 Å². The molecule has 10 heteroatoms. The molecule has 1 aliphatic heterocycles. The summed E-state index contributed by atoms with van der Waals surface area (Å²) in [4.78, 5) is 29.6. The van der Waals surface area contributed by atoms with Crippen LogP contribution < -0.4 is 4.84 Å². The second kappa shape index (κ2) is 7.70. The molecular formula is C22H24N6O3S. The fraction of sp³-hybridized carbons (Fsp3) is 0.409.